The van der Waals surface area contributed by atoms with Crippen molar-refractivity contribution in [3.63, 3.8) is 0 Å². The molecule has 0 spiro atoms. The molecule has 0 saturated carbocycles. The maximum Gasteiger partial charge on any atom is 0.151 e. The second-order valence-corrected chi connectivity index (χ2v) is 3.67. The average Bonchev–Trinajstić information content (AvgIpc) is 2.69. The Morgan fingerprint density at radius 1 is 1.31 bits per heavy atom. The van der Waals surface area contributed by atoms with Gasteiger partial charge >= 0.3 is 0 Å². The molecule has 2 rings (SSSR count). The molecule has 6 heteroatoms. The molecular formula is C10H14N6. The molecule has 2 heterocycles. The average molecular weight is 218 g/mol. The van der Waals surface area contributed by atoms with Crippen LogP contribution in [0.3, 0.4) is 0 Å². The van der Waals surface area contributed by atoms with Crippen LogP contribution in [-0.2, 0) is 7.05 Å². The third-order valence-electron chi connectivity index (χ3n) is 2.28. The van der Waals surface area contributed by atoms with Gasteiger partial charge in [0.25, 0.3) is 0 Å². The Balaban J connectivity index is 2.32. The number of nitrogens with two attached hydrogens (primary N) is 1. The summed E-state index contributed by atoms with van der Waals surface area (Å²) >= 11 is 0. The number of aromatic nitrogens is 4. The first-order chi connectivity index (χ1) is 7.70. The zero-order chi connectivity index (χ0) is 11.5. The van der Waals surface area contributed by atoms with Gasteiger partial charge in [0, 0.05) is 31.2 Å². The van der Waals surface area contributed by atoms with Crippen LogP contribution in [-0.4, -0.2) is 19.7 Å². The fourth-order valence-electron chi connectivity index (χ4n) is 1.46. The molecule has 1 atom stereocenters. The minimum atomic E-state index is -0.228. The lowest BCUT2D eigenvalue weighted by molar-refractivity contribution is 0.600. The van der Waals surface area contributed by atoms with Crippen LogP contribution in [0.15, 0.2) is 24.8 Å². The molecular weight excluding hydrogens is 204 g/mol. The van der Waals surface area contributed by atoms with E-state index in [2.05, 4.69) is 20.5 Å². The predicted octanol–water partition coefficient (Wildman–Crippen LogP) is 0.0712. The molecule has 3 N–H and O–H groups in total. The molecule has 0 aliphatic heterocycles. The molecule has 0 aromatic carbocycles. The SMILES string of the molecule is Cc1cnc(C(NN)c2cnn(C)c2)nc1. The highest BCUT2D eigenvalue weighted by atomic mass is 15.3. The summed E-state index contributed by atoms with van der Waals surface area (Å²) in [6.45, 7) is 1.94. The Bertz CT molecular complexity index is 460. The molecule has 0 aliphatic carbocycles. The molecule has 0 bridgehead atoms. The summed E-state index contributed by atoms with van der Waals surface area (Å²) in [6.07, 6.45) is 7.16. The molecule has 0 aliphatic rings. The largest absolute Gasteiger partial charge is 0.275 e. The standard InChI is InChI=1S/C10H14N6/c1-7-3-12-10(13-4-7)9(15-11)8-5-14-16(2)6-8/h3-6,9,15H,11H2,1-2H3. The van der Waals surface area contributed by atoms with Gasteiger partial charge in [-0.25, -0.2) is 15.4 Å². The number of nitrogens with one attached hydrogen (secondary N) is 1. The van der Waals surface area contributed by atoms with Crippen molar-refractivity contribution < 1.29 is 0 Å². The highest BCUT2D eigenvalue weighted by Crippen LogP contribution is 2.16. The smallest absolute Gasteiger partial charge is 0.151 e. The Morgan fingerprint density at radius 3 is 2.50 bits per heavy atom. The van der Waals surface area contributed by atoms with Crippen LogP contribution in [0.2, 0.25) is 0 Å². The van der Waals surface area contributed by atoms with Crippen molar-refractivity contribution in [3.05, 3.63) is 41.7 Å². The van der Waals surface area contributed by atoms with Crippen molar-refractivity contribution >= 4 is 0 Å². The molecule has 16 heavy (non-hydrogen) atoms. The summed E-state index contributed by atoms with van der Waals surface area (Å²) in [5, 5.41) is 4.09. The zero-order valence-electron chi connectivity index (χ0n) is 9.25. The highest BCUT2D eigenvalue weighted by molar-refractivity contribution is 5.19. The minimum absolute atomic E-state index is 0.228. The van der Waals surface area contributed by atoms with E-state index in [1.165, 1.54) is 0 Å². The molecule has 0 radical (unpaired) electrons. The molecule has 84 valence electrons. The number of rotatable bonds is 3. The molecule has 0 amide bonds. The third-order valence-corrected chi connectivity index (χ3v) is 2.28. The maximum atomic E-state index is 5.52. The summed E-state index contributed by atoms with van der Waals surface area (Å²) in [5.41, 5.74) is 4.65. The predicted molar refractivity (Wildman–Crippen MR) is 59.1 cm³/mol. The lowest BCUT2D eigenvalue weighted by Gasteiger charge is -2.12. The lowest BCUT2D eigenvalue weighted by Crippen LogP contribution is -2.30. The van der Waals surface area contributed by atoms with E-state index in [1.54, 1.807) is 23.3 Å². The normalized spacial score (nSPS) is 12.7. The van der Waals surface area contributed by atoms with Crippen molar-refractivity contribution in [2.75, 3.05) is 0 Å². The van der Waals surface area contributed by atoms with Crippen LogP contribution in [0.25, 0.3) is 0 Å². The van der Waals surface area contributed by atoms with E-state index in [0.717, 1.165) is 11.1 Å². The summed E-state index contributed by atoms with van der Waals surface area (Å²) in [6, 6.07) is -0.228. The first-order valence-electron chi connectivity index (χ1n) is 4.94. The lowest BCUT2D eigenvalue weighted by atomic mass is 10.1. The monoisotopic (exact) mass is 218 g/mol. The molecule has 2 aromatic rings. The van der Waals surface area contributed by atoms with Crippen molar-refractivity contribution in [1.29, 1.82) is 0 Å². The van der Waals surface area contributed by atoms with E-state index in [4.69, 9.17) is 5.84 Å². The maximum absolute atomic E-state index is 5.52. The Morgan fingerprint density at radius 2 is 2.00 bits per heavy atom. The molecule has 0 fully saturated rings. The van der Waals surface area contributed by atoms with Gasteiger partial charge in [-0.05, 0) is 12.5 Å². The van der Waals surface area contributed by atoms with Crippen molar-refractivity contribution in [1.82, 2.24) is 25.2 Å². The number of aryl methyl sites for hydroxylation is 2. The zero-order valence-corrected chi connectivity index (χ0v) is 9.25. The summed E-state index contributed by atoms with van der Waals surface area (Å²) in [5.74, 6) is 6.16. The number of nitrogens with zero attached hydrogens (tertiary/aromatic N) is 4. The van der Waals surface area contributed by atoms with Gasteiger partial charge in [0.15, 0.2) is 5.82 Å². The first kappa shape index (κ1) is 10.7. The van der Waals surface area contributed by atoms with E-state index in [0.29, 0.717) is 5.82 Å². The molecule has 2 aromatic heterocycles. The Hall–Kier alpha value is -1.79. The highest BCUT2D eigenvalue weighted by Gasteiger charge is 2.16. The van der Waals surface area contributed by atoms with E-state index >= 15 is 0 Å². The van der Waals surface area contributed by atoms with E-state index in [-0.39, 0.29) is 6.04 Å². The summed E-state index contributed by atoms with van der Waals surface area (Å²) in [7, 11) is 1.85. The van der Waals surface area contributed by atoms with Gasteiger partial charge in [-0.1, -0.05) is 0 Å². The van der Waals surface area contributed by atoms with Gasteiger partial charge in [0.1, 0.15) is 6.04 Å². The summed E-state index contributed by atoms with van der Waals surface area (Å²) < 4.78 is 1.72. The van der Waals surface area contributed by atoms with E-state index < -0.39 is 0 Å². The van der Waals surface area contributed by atoms with Crippen LogP contribution in [0.1, 0.15) is 23.0 Å². The van der Waals surface area contributed by atoms with Gasteiger partial charge in [-0.15, -0.1) is 0 Å². The van der Waals surface area contributed by atoms with Gasteiger partial charge in [-0.3, -0.25) is 10.5 Å². The van der Waals surface area contributed by atoms with Crippen molar-refractivity contribution in [3.8, 4) is 0 Å². The topological polar surface area (TPSA) is 81.6 Å². The Kier molecular flexibility index (Phi) is 2.93. The molecule has 1 unspecified atom stereocenters. The van der Waals surface area contributed by atoms with Crippen LogP contribution < -0.4 is 11.3 Å². The quantitative estimate of drug-likeness (QED) is 0.563. The van der Waals surface area contributed by atoms with Gasteiger partial charge < -0.3 is 0 Å². The second kappa shape index (κ2) is 4.38. The fraction of sp³-hybridized carbons (Fsp3) is 0.300. The first-order valence-corrected chi connectivity index (χ1v) is 4.94. The fourth-order valence-corrected chi connectivity index (χ4v) is 1.46. The minimum Gasteiger partial charge on any atom is -0.275 e. The number of hydrogen-bond acceptors (Lipinski definition) is 5. The third kappa shape index (κ3) is 2.07. The molecule has 0 saturated heterocycles. The van der Waals surface area contributed by atoms with E-state index in [1.807, 2.05) is 20.2 Å². The van der Waals surface area contributed by atoms with Crippen LogP contribution in [0, 0.1) is 6.92 Å². The second-order valence-electron chi connectivity index (χ2n) is 3.67. The Labute approximate surface area is 93.5 Å². The summed E-state index contributed by atoms with van der Waals surface area (Å²) in [4.78, 5) is 8.49. The van der Waals surface area contributed by atoms with Crippen LogP contribution >= 0.6 is 0 Å². The molecule has 6 nitrogen and oxygen atoms in total. The van der Waals surface area contributed by atoms with Crippen LogP contribution in [0.5, 0.6) is 0 Å². The van der Waals surface area contributed by atoms with Gasteiger partial charge in [0.2, 0.25) is 0 Å². The number of hydrazine groups is 1. The number of hydrogen-bond donors (Lipinski definition) is 2. The van der Waals surface area contributed by atoms with Crippen molar-refractivity contribution in [2.45, 2.75) is 13.0 Å². The van der Waals surface area contributed by atoms with Gasteiger partial charge in [-0.2, -0.15) is 5.10 Å². The van der Waals surface area contributed by atoms with E-state index in [9.17, 15) is 0 Å². The van der Waals surface area contributed by atoms with Crippen molar-refractivity contribution in [2.24, 2.45) is 12.9 Å². The van der Waals surface area contributed by atoms with Gasteiger partial charge in [0.05, 0.1) is 6.20 Å². The van der Waals surface area contributed by atoms with Crippen LogP contribution in [0.4, 0.5) is 0 Å².